The highest BCUT2D eigenvalue weighted by Crippen LogP contribution is 2.28. The fraction of sp³-hybridized carbons (Fsp3) is 0.419. The number of ether oxygens (including phenoxy) is 2. The highest BCUT2D eigenvalue weighted by Gasteiger charge is 2.47. The molecule has 0 amide bonds. The van der Waals surface area contributed by atoms with Crippen molar-refractivity contribution in [1.82, 2.24) is 4.98 Å². The van der Waals surface area contributed by atoms with Crippen LogP contribution in [0.4, 0.5) is 13.2 Å². The van der Waals surface area contributed by atoms with E-state index in [-0.39, 0.29) is 12.4 Å². The minimum absolute atomic E-state index is 0.0181. The van der Waals surface area contributed by atoms with E-state index in [1.165, 1.54) is 43.4 Å². The van der Waals surface area contributed by atoms with Crippen LogP contribution < -0.4 is 4.74 Å². The molecule has 3 aromatic rings. The third-order valence-corrected chi connectivity index (χ3v) is 6.28. The van der Waals surface area contributed by atoms with Crippen molar-refractivity contribution in [3.63, 3.8) is 0 Å². The van der Waals surface area contributed by atoms with E-state index in [0.29, 0.717) is 6.42 Å². The molecular formula is C31H36F3NO3. The lowest BCUT2D eigenvalue weighted by molar-refractivity contribution is -0.225. The van der Waals surface area contributed by atoms with Gasteiger partial charge >= 0.3 is 12.1 Å². The van der Waals surface area contributed by atoms with E-state index in [2.05, 4.69) is 36.2 Å². The van der Waals surface area contributed by atoms with Crippen LogP contribution in [0.3, 0.4) is 0 Å². The molecule has 0 saturated heterocycles. The van der Waals surface area contributed by atoms with Crippen LogP contribution in [0.15, 0.2) is 66.9 Å². The zero-order valence-electron chi connectivity index (χ0n) is 22.1. The number of rotatable bonds is 14. The van der Waals surface area contributed by atoms with Gasteiger partial charge in [-0.3, -0.25) is 4.98 Å². The summed E-state index contributed by atoms with van der Waals surface area (Å²) < 4.78 is 49.6. The highest BCUT2D eigenvalue weighted by molar-refractivity contribution is 5.78. The van der Waals surface area contributed by atoms with Crippen molar-refractivity contribution >= 4 is 5.97 Å². The first kappa shape index (κ1) is 29.4. The van der Waals surface area contributed by atoms with Gasteiger partial charge in [0.2, 0.25) is 0 Å². The van der Waals surface area contributed by atoms with E-state index in [9.17, 15) is 18.0 Å². The molecule has 1 unspecified atom stereocenters. The predicted molar refractivity (Wildman–Crippen MR) is 144 cm³/mol. The lowest BCUT2D eigenvalue weighted by Crippen LogP contribution is -2.42. The first-order valence-corrected chi connectivity index (χ1v) is 13.4. The Hall–Kier alpha value is -3.19. The average Bonchev–Trinajstić information content (AvgIpc) is 2.91. The van der Waals surface area contributed by atoms with Gasteiger partial charge in [0.15, 0.2) is 0 Å². The normalized spacial score (nSPS) is 12.3. The van der Waals surface area contributed by atoms with Gasteiger partial charge in [-0.2, -0.15) is 13.2 Å². The number of aryl methyl sites for hydroxylation is 1. The minimum Gasteiger partial charge on any atom is -0.424 e. The van der Waals surface area contributed by atoms with Gasteiger partial charge in [-0.25, -0.2) is 4.79 Å². The topological polar surface area (TPSA) is 48.4 Å². The maximum absolute atomic E-state index is 13.3. The molecule has 0 bridgehead atoms. The Kier molecular flexibility index (Phi) is 11.3. The van der Waals surface area contributed by atoms with Crippen molar-refractivity contribution in [3.05, 3.63) is 72.4 Å². The van der Waals surface area contributed by atoms with E-state index in [1.807, 2.05) is 19.1 Å². The molecule has 0 spiro atoms. The Bertz CT molecular complexity index is 1110. The van der Waals surface area contributed by atoms with Crippen LogP contribution in [0.5, 0.6) is 5.75 Å². The number of halogens is 3. The molecule has 0 N–H and O–H groups in total. The van der Waals surface area contributed by atoms with Crippen molar-refractivity contribution in [3.8, 4) is 28.1 Å². The number of esters is 1. The lowest BCUT2D eigenvalue weighted by atomic mass is 10.0. The molecule has 3 rings (SSSR count). The number of benzene rings is 2. The van der Waals surface area contributed by atoms with Crippen molar-refractivity contribution in [2.75, 3.05) is 6.61 Å². The number of alkyl halides is 3. The summed E-state index contributed by atoms with van der Waals surface area (Å²) in [5, 5.41) is 0. The van der Waals surface area contributed by atoms with E-state index in [1.54, 1.807) is 18.3 Å². The maximum Gasteiger partial charge on any atom is 0.425 e. The standard InChI is InChI=1S/C31H36F3NO3/c1-3-5-7-8-10-23-11-13-25(14-12-23)28-20-17-26(22-35-28)24-15-18-27(19-16-24)38-30(36)29(31(32,33)34)37-21-9-6-4-2/h11-20,22,29H,3-10,21H2,1-2H3. The fourth-order valence-corrected chi connectivity index (χ4v) is 4.07. The van der Waals surface area contributed by atoms with Gasteiger partial charge in [0.05, 0.1) is 5.69 Å². The summed E-state index contributed by atoms with van der Waals surface area (Å²) in [6.45, 7) is 3.98. The van der Waals surface area contributed by atoms with Gasteiger partial charge in [-0.15, -0.1) is 0 Å². The molecule has 0 aliphatic carbocycles. The molecule has 1 heterocycles. The lowest BCUT2D eigenvalue weighted by Gasteiger charge is -2.19. The number of aromatic nitrogens is 1. The van der Waals surface area contributed by atoms with Crippen molar-refractivity contribution in [1.29, 1.82) is 0 Å². The zero-order chi connectivity index (χ0) is 27.4. The summed E-state index contributed by atoms with van der Waals surface area (Å²) in [6, 6.07) is 18.6. The molecule has 0 aliphatic heterocycles. The summed E-state index contributed by atoms with van der Waals surface area (Å²) in [6.07, 6.45) is 2.35. The first-order valence-electron chi connectivity index (χ1n) is 13.4. The van der Waals surface area contributed by atoms with E-state index >= 15 is 0 Å². The molecule has 204 valence electrons. The molecule has 1 aromatic heterocycles. The first-order chi connectivity index (χ1) is 18.3. The Labute approximate surface area is 223 Å². The summed E-state index contributed by atoms with van der Waals surface area (Å²) in [4.78, 5) is 16.7. The van der Waals surface area contributed by atoms with Crippen molar-refractivity contribution < 1.29 is 27.4 Å². The number of hydrogen-bond acceptors (Lipinski definition) is 4. The van der Waals surface area contributed by atoms with Crippen LogP contribution in [0.2, 0.25) is 0 Å². The van der Waals surface area contributed by atoms with Crippen LogP contribution in [-0.4, -0.2) is 29.8 Å². The van der Waals surface area contributed by atoms with E-state index < -0.39 is 18.2 Å². The molecular weight excluding hydrogens is 491 g/mol. The van der Waals surface area contributed by atoms with Gasteiger partial charge in [-0.05, 0) is 48.6 Å². The molecule has 0 fully saturated rings. The molecule has 1 atom stereocenters. The molecule has 0 aliphatic rings. The third-order valence-electron chi connectivity index (χ3n) is 6.28. The van der Waals surface area contributed by atoms with Crippen molar-refractivity contribution in [2.45, 2.75) is 77.5 Å². The minimum atomic E-state index is -4.84. The number of pyridine rings is 1. The predicted octanol–water partition coefficient (Wildman–Crippen LogP) is 8.58. The molecule has 2 aromatic carbocycles. The highest BCUT2D eigenvalue weighted by atomic mass is 19.4. The Morgan fingerprint density at radius 2 is 1.42 bits per heavy atom. The molecule has 7 heteroatoms. The summed E-state index contributed by atoms with van der Waals surface area (Å²) in [5.74, 6) is -1.45. The van der Waals surface area contributed by atoms with E-state index in [4.69, 9.17) is 9.47 Å². The number of carbonyl (C=O) groups is 1. The smallest absolute Gasteiger partial charge is 0.424 e. The number of carbonyl (C=O) groups excluding carboxylic acids is 1. The van der Waals surface area contributed by atoms with Crippen molar-refractivity contribution in [2.24, 2.45) is 0 Å². The summed E-state index contributed by atoms with van der Waals surface area (Å²) in [7, 11) is 0. The molecule has 4 nitrogen and oxygen atoms in total. The van der Waals surface area contributed by atoms with E-state index in [0.717, 1.165) is 41.6 Å². The summed E-state index contributed by atoms with van der Waals surface area (Å²) in [5.41, 5.74) is 4.86. The third kappa shape index (κ3) is 8.98. The quantitative estimate of drug-likeness (QED) is 0.120. The molecule has 0 radical (unpaired) electrons. The Morgan fingerprint density at radius 3 is 2.03 bits per heavy atom. The SMILES string of the molecule is CCCCCCc1ccc(-c2ccc(-c3ccc(OC(=O)C(OCCCCC)C(F)(F)F)cc3)cn2)cc1. The zero-order valence-corrected chi connectivity index (χ0v) is 22.1. The Balaban J connectivity index is 1.59. The second-order valence-electron chi connectivity index (χ2n) is 9.38. The van der Waals surface area contributed by atoms with Gasteiger partial charge in [0.25, 0.3) is 6.10 Å². The van der Waals surface area contributed by atoms with Crippen LogP contribution in [0.25, 0.3) is 22.4 Å². The van der Waals surface area contributed by atoms with Crippen LogP contribution in [-0.2, 0) is 16.0 Å². The second-order valence-corrected chi connectivity index (χ2v) is 9.38. The van der Waals surface area contributed by atoms with Crippen LogP contribution >= 0.6 is 0 Å². The summed E-state index contributed by atoms with van der Waals surface area (Å²) >= 11 is 0. The van der Waals surface area contributed by atoms with Crippen LogP contribution in [0.1, 0.15) is 64.4 Å². The van der Waals surface area contributed by atoms with Crippen LogP contribution in [0, 0.1) is 0 Å². The van der Waals surface area contributed by atoms with Gasteiger partial charge < -0.3 is 9.47 Å². The monoisotopic (exact) mass is 527 g/mol. The maximum atomic E-state index is 13.3. The molecule has 38 heavy (non-hydrogen) atoms. The number of hydrogen-bond donors (Lipinski definition) is 0. The van der Waals surface area contributed by atoms with Gasteiger partial charge in [0.1, 0.15) is 5.75 Å². The van der Waals surface area contributed by atoms with Gasteiger partial charge in [0, 0.05) is 23.9 Å². The van der Waals surface area contributed by atoms with Gasteiger partial charge in [-0.1, -0.05) is 88.4 Å². The molecule has 0 saturated carbocycles. The second kappa shape index (κ2) is 14.7. The number of nitrogens with zero attached hydrogens (tertiary/aromatic N) is 1. The average molecular weight is 528 g/mol. The Morgan fingerprint density at radius 1 is 0.789 bits per heavy atom. The fourth-order valence-electron chi connectivity index (χ4n) is 4.07. The number of unbranched alkanes of at least 4 members (excludes halogenated alkanes) is 5. The largest absolute Gasteiger partial charge is 0.425 e.